The minimum absolute atomic E-state index is 0.125. The SMILES string of the molecule is CC1(C(=O)NCc2cscn2)CCNC1. The van der Waals surface area contributed by atoms with Crippen LogP contribution in [-0.2, 0) is 11.3 Å². The Kier molecular flexibility index (Phi) is 3.02. The molecule has 0 saturated carbocycles. The first-order chi connectivity index (χ1) is 7.21. The van der Waals surface area contributed by atoms with Crippen LogP contribution in [0.2, 0.25) is 0 Å². The summed E-state index contributed by atoms with van der Waals surface area (Å²) in [4.78, 5) is 16.0. The number of rotatable bonds is 3. The lowest BCUT2D eigenvalue weighted by atomic mass is 9.89. The highest BCUT2D eigenvalue weighted by Crippen LogP contribution is 2.24. The predicted octanol–water partition coefficient (Wildman–Crippen LogP) is 0.759. The molecule has 4 nitrogen and oxygen atoms in total. The molecule has 1 aromatic heterocycles. The molecular formula is C10H15N3OS. The van der Waals surface area contributed by atoms with Crippen molar-refractivity contribution in [2.75, 3.05) is 13.1 Å². The normalized spacial score (nSPS) is 25.4. The third kappa shape index (κ3) is 2.35. The topological polar surface area (TPSA) is 54.0 Å². The zero-order valence-electron chi connectivity index (χ0n) is 8.75. The summed E-state index contributed by atoms with van der Waals surface area (Å²) in [6, 6.07) is 0. The van der Waals surface area contributed by atoms with Crippen molar-refractivity contribution in [1.29, 1.82) is 0 Å². The second-order valence-electron chi connectivity index (χ2n) is 4.15. The summed E-state index contributed by atoms with van der Waals surface area (Å²) in [6.07, 6.45) is 0.913. The van der Waals surface area contributed by atoms with Gasteiger partial charge in [-0.3, -0.25) is 4.79 Å². The van der Waals surface area contributed by atoms with Gasteiger partial charge in [-0.25, -0.2) is 4.98 Å². The smallest absolute Gasteiger partial charge is 0.227 e. The van der Waals surface area contributed by atoms with E-state index in [-0.39, 0.29) is 11.3 Å². The first-order valence-electron chi connectivity index (χ1n) is 5.07. The molecule has 1 aromatic rings. The Hall–Kier alpha value is -0.940. The highest BCUT2D eigenvalue weighted by atomic mass is 32.1. The van der Waals surface area contributed by atoms with Crippen molar-refractivity contribution < 1.29 is 4.79 Å². The molecule has 0 bridgehead atoms. The van der Waals surface area contributed by atoms with E-state index < -0.39 is 0 Å². The fraction of sp³-hybridized carbons (Fsp3) is 0.600. The van der Waals surface area contributed by atoms with Crippen LogP contribution >= 0.6 is 11.3 Å². The Labute approximate surface area is 93.1 Å². The fourth-order valence-electron chi connectivity index (χ4n) is 1.72. The summed E-state index contributed by atoms with van der Waals surface area (Å²) < 4.78 is 0. The van der Waals surface area contributed by atoms with Crippen LogP contribution in [-0.4, -0.2) is 24.0 Å². The van der Waals surface area contributed by atoms with E-state index >= 15 is 0 Å². The number of nitrogens with zero attached hydrogens (tertiary/aromatic N) is 1. The van der Waals surface area contributed by atoms with Crippen LogP contribution in [0.4, 0.5) is 0 Å². The van der Waals surface area contributed by atoms with Gasteiger partial charge in [0.1, 0.15) is 0 Å². The monoisotopic (exact) mass is 225 g/mol. The summed E-state index contributed by atoms with van der Waals surface area (Å²) in [7, 11) is 0. The Morgan fingerprint density at radius 1 is 1.80 bits per heavy atom. The van der Waals surface area contributed by atoms with Crippen molar-refractivity contribution in [3.63, 3.8) is 0 Å². The number of thiazole rings is 1. The van der Waals surface area contributed by atoms with E-state index in [4.69, 9.17) is 0 Å². The molecule has 1 saturated heterocycles. The molecule has 1 amide bonds. The van der Waals surface area contributed by atoms with E-state index in [2.05, 4.69) is 15.6 Å². The number of aromatic nitrogens is 1. The molecule has 2 rings (SSSR count). The van der Waals surface area contributed by atoms with Gasteiger partial charge in [-0.2, -0.15) is 0 Å². The average molecular weight is 225 g/mol. The first-order valence-corrected chi connectivity index (χ1v) is 6.01. The molecule has 1 atom stereocenters. The van der Waals surface area contributed by atoms with Crippen molar-refractivity contribution in [3.05, 3.63) is 16.6 Å². The van der Waals surface area contributed by atoms with Crippen molar-refractivity contribution in [3.8, 4) is 0 Å². The zero-order valence-corrected chi connectivity index (χ0v) is 9.56. The number of hydrogen-bond acceptors (Lipinski definition) is 4. The number of carbonyl (C=O) groups excluding carboxylic acids is 1. The lowest BCUT2D eigenvalue weighted by molar-refractivity contribution is -0.129. The van der Waals surface area contributed by atoms with E-state index in [9.17, 15) is 4.79 Å². The Balaban J connectivity index is 1.87. The third-order valence-electron chi connectivity index (χ3n) is 2.83. The molecule has 2 N–H and O–H groups in total. The molecule has 2 heterocycles. The molecular weight excluding hydrogens is 210 g/mol. The van der Waals surface area contributed by atoms with Gasteiger partial charge in [0.2, 0.25) is 5.91 Å². The largest absolute Gasteiger partial charge is 0.350 e. The molecule has 5 heteroatoms. The third-order valence-corrected chi connectivity index (χ3v) is 3.47. The molecule has 1 aliphatic rings. The van der Waals surface area contributed by atoms with E-state index in [0.29, 0.717) is 6.54 Å². The summed E-state index contributed by atoms with van der Waals surface area (Å²) in [6.45, 7) is 4.25. The van der Waals surface area contributed by atoms with Crippen LogP contribution in [0.25, 0.3) is 0 Å². The molecule has 0 spiro atoms. The number of carbonyl (C=O) groups is 1. The minimum atomic E-state index is -0.240. The highest BCUT2D eigenvalue weighted by Gasteiger charge is 2.35. The molecule has 15 heavy (non-hydrogen) atoms. The lowest BCUT2D eigenvalue weighted by Crippen LogP contribution is -2.40. The van der Waals surface area contributed by atoms with Crippen LogP contribution in [0.1, 0.15) is 19.0 Å². The van der Waals surface area contributed by atoms with Crippen LogP contribution < -0.4 is 10.6 Å². The highest BCUT2D eigenvalue weighted by molar-refractivity contribution is 7.07. The maximum Gasteiger partial charge on any atom is 0.227 e. The van der Waals surface area contributed by atoms with Gasteiger partial charge in [0, 0.05) is 11.9 Å². The fourth-order valence-corrected chi connectivity index (χ4v) is 2.28. The summed E-state index contributed by atoms with van der Waals surface area (Å²) in [5.74, 6) is 0.125. The van der Waals surface area contributed by atoms with Gasteiger partial charge in [-0.05, 0) is 19.9 Å². The first kappa shape index (κ1) is 10.6. The van der Waals surface area contributed by atoms with E-state index in [1.54, 1.807) is 16.8 Å². The maximum absolute atomic E-state index is 11.9. The molecule has 82 valence electrons. The van der Waals surface area contributed by atoms with Gasteiger partial charge in [-0.15, -0.1) is 11.3 Å². The van der Waals surface area contributed by atoms with Crippen molar-refractivity contribution in [2.24, 2.45) is 5.41 Å². The van der Waals surface area contributed by atoms with Gasteiger partial charge >= 0.3 is 0 Å². The van der Waals surface area contributed by atoms with Gasteiger partial charge in [0.15, 0.2) is 0 Å². The van der Waals surface area contributed by atoms with E-state index in [1.165, 1.54) is 0 Å². The lowest BCUT2D eigenvalue weighted by Gasteiger charge is -2.20. The zero-order chi connectivity index (χ0) is 10.7. The predicted molar refractivity (Wildman–Crippen MR) is 59.6 cm³/mol. The van der Waals surface area contributed by atoms with Crippen LogP contribution in [0, 0.1) is 5.41 Å². The molecule has 1 fully saturated rings. The molecule has 0 aliphatic carbocycles. The van der Waals surface area contributed by atoms with Crippen molar-refractivity contribution in [2.45, 2.75) is 19.9 Å². The average Bonchev–Trinajstić information content (AvgIpc) is 2.85. The van der Waals surface area contributed by atoms with Gasteiger partial charge < -0.3 is 10.6 Å². The van der Waals surface area contributed by atoms with Gasteiger partial charge in [0.05, 0.1) is 23.2 Å². The minimum Gasteiger partial charge on any atom is -0.350 e. The van der Waals surface area contributed by atoms with Crippen molar-refractivity contribution in [1.82, 2.24) is 15.6 Å². The van der Waals surface area contributed by atoms with Gasteiger partial charge in [0.25, 0.3) is 0 Å². The summed E-state index contributed by atoms with van der Waals surface area (Å²) in [5.41, 5.74) is 2.47. The number of amides is 1. The molecule has 0 radical (unpaired) electrons. The van der Waals surface area contributed by atoms with Crippen LogP contribution in [0.15, 0.2) is 10.9 Å². The standard InChI is InChI=1S/C10H15N3OS/c1-10(2-3-11-6-10)9(14)12-4-8-5-15-7-13-8/h5,7,11H,2-4,6H2,1H3,(H,12,14). The van der Waals surface area contributed by atoms with Crippen LogP contribution in [0.5, 0.6) is 0 Å². The molecule has 1 unspecified atom stereocenters. The maximum atomic E-state index is 11.9. The second kappa shape index (κ2) is 4.28. The van der Waals surface area contributed by atoms with E-state index in [1.807, 2.05) is 12.3 Å². The van der Waals surface area contributed by atoms with Crippen LogP contribution in [0.3, 0.4) is 0 Å². The Morgan fingerprint density at radius 3 is 3.27 bits per heavy atom. The Bertz CT molecular complexity index is 330. The summed E-state index contributed by atoms with van der Waals surface area (Å²) in [5, 5.41) is 8.10. The number of hydrogen-bond donors (Lipinski definition) is 2. The summed E-state index contributed by atoms with van der Waals surface area (Å²) >= 11 is 1.55. The molecule has 1 aliphatic heterocycles. The molecule has 0 aromatic carbocycles. The number of nitrogens with one attached hydrogen (secondary N) is 2. The van der Waals surface area contributed by atoms with Crippen molar-refractivity contribution >= 4 is 17.2 Å². The van der Waals surface area contributed by atoms with E-state index in [0.717, 1.165) is 25.2 Å². The quantitative estimate of drug-likeness (QED) is 0.798. The second-order valence-corrected chi connectivity index (χ2v) is 4.87. The Morgan fingerprint density at radius 2 is 2.67 bits per heavy atom. The van der Waals surface area contributed by atoms with Gasteiger partial charge in [-0.1, -0.05) is 0 Å².